The largest absolute Gasteiger partial charge is 0.493 e. The second kappa shape index (κ2) is 10.5. The Labute approximate surface area is 188 Å². The number of methoxy groups -OCH3 is 1. The van der Waals surface area contributed by atoms with Crippen molar-refractivity contribution in [2.24, 2.45) is 5.92 Å². The zero-order valence-electron chi connectivity index (χ0n) is 19.1. The van der Waals surface area contributed by atoms with E-state index in [1.807, 2.05) is 39.0 Å². The van der Waals surface area contributed by atoms with E-state index < -0.39 is 0 Å². The molecule has 2 aromatic carbocycles. The highest BCUT2D eigenvalue weighted by Crippen LogP contribution is 2.31. The zero-order valence-corrected chi connectivity index (χ0v) is 19.1. The predicted molar refractivity (Wildman–Crippen MR) is 120 cm³/mol. The van der Waals surface area contributed by atoms with Gasteiger partial charge in [0.05, 0.1) is 25.2 Å². The van der Waals surface area contributed by atoms with Crippen molar-refractivity contribution in [1.29, 1.82) is 0 Å². The van der Waals surface area contributed by atoms with Gasteiger partial charge in [0.15, 0.2) is 11.5 Å². The van der Waals surface area contributed by atoms with Gasteiger partial charge >= 0.3 is 0 Å². The molecule has 0 spiro atoms. The van der Waals surface area contributed by atoms with Gasteiger partial charge in [-0.15, -0.1) is 0 Å². The number of carbonyl (C=O) groups is 2. The number of benzene rings is 2. The number of likely N-dealkylation sites (tertiary alicyclic amines) is 1. The molecule has 7 heteroatoms. The summed E-state index contributed by atoms with van der Waals surface area (Å²) in [6.07, 6.45) is 1.49. The van der Waals surface area contributed by atoms with Crippen molar-refractivity contribution in [3.63, 3.8) is 0 Å². The summed E-state index contributed by atoms with van der Waals surface area (Å²) in [5, 5.41) is 3.06. The van der Waals surface area contributed by atoms with Crippen molar-refractivity contribution < 1.29 is 23.5 Å². The van der Waals surface area contributed by atoms with Crippen LogP contribution in [0.2, 0.25) is 0 Å². The molecule has 172 valence electrons. The summed E-state index contributed by atoms with van der Waals surface area (Å²) in [4.78, 5) is 27.4. The number of hydrogen-bond donors (Lipinski definition) is 1. The van der Waals surface area contributed by atoms with Crippen LogP contribution in [0.1, 0.15) is 55.6 Å². The molecule has 0 aromatic heterocycles. The molecule has 0 aliphatic carbocycles. The van der Waals surface area contributed by atoms with Crippen LogP contribution in [-0.2, 0) is 4.79 Å². The smallest absolute Gasteiger partial charge is 0.253 e. The molecule has 0 radical (unpaired) electrons. The Hall–Kier alpha value is -3.09. The van der Waals surface area contributed by atoms with Gasteiger partial charge in [-0.3, -0.25) is 9.59 Å². The third-order valence-electron chi connectivity index (χ3n) is 5.58. The topological polar surface area (TPSA) is 67.9 Å². The highest BCUT2D eigenvalue weighted by Gasteiger charge is 2.29. The molecule has 3 rings (SSSR count). The molecule has 6 nitrogen and oxygen atoms in total. The fourth-order valence-corrected chi connectivity index (χ4v) is 3.87. The van der Waals surface area contributed by atoms with Gasteiger partial charge in [0, 0.05) is 18.7 Å². The number of amides is 2. The lowest BCUT2D eigenvalue weighted by Gasteiger charge is -2.32. The number of piperidine rings is 1. The molecular weight excluding hydrogens is 411 g/mol. The van der Waals surface area contributed by atoms with Crippen LogP contribution in [0.15, 0.2) is 42.5 Å². The van der Waals surface area contributed by atoms with Crippen molar-refractivity contribution in [3.8, 4) is 11.5 Å². The van der Waals surface area contributed by atoms with E-state index in [-0.39, 0.29) is 35.7 Å². The standard InChI is InChI=1S/C25H31FN2O4/c1-16(2)32-22-12-9-19(14-23(22)31-4)17(3)27-24(29)20-6-5-13-28(15-20)25(30)18-7-10-21(26)11-8-18/h7-12,14,16-17,20H,5-6,13,15H2,1-4H3,(H,27,29). The number of nitrogens with zero attached hydrogens (tertiary/aromatic N) is 1. The molecule has 0 bridgehead atoms. The van der Waals surface area contributed by atoms with E-state index in [2.05, 4.69) is 5.32 Å². The molecule has 2 atom stereocenters. The minimum Gasteiger partial charge on any atom is -0.493 e. The number of ether oxygens (including phenoxy) is 2. The van der Waals surface area contributed by atoms with Crippen LogP contribution in [0, 0.1) is 11.7 Å². The highest BCUT2D eigenvalue weighted by atomic mass is 19.1. The molecule has 1 aliphatic heterocycles. The fraction of sp³-hybridized carbons (Fsp3) is 0.440. The van der Waals surface area contributed by atoms with Crippen LogP contribution < -0.4 is 14.8 Å². The van der Waals surface area contributed by atoms with Gasteiger partial charge in [0.25, 0.3) is 5.91 Å². The van der Waals surface area contributed by atoms with E-state index in [1.54, 1.807) is 12.0 Å². The van der Waals surface area contributed by atoms with Crippen molar-refractivity contribution in [2.75, 3.05) is 20.2 Å². The Bertz CT molecular complexity index is 945. The quantitative estimate of drug-likeness (QED) is 0.692. The number of nitrogens with one attached hydrogen (secondary N) is 1. The maximum Gasteiger partial charge on any atom is 0.253 e. The minimum atomic E-state index is -0.383. The van der Waals surface area contributed by atoms with Crippen molar-refractivity contribution in [2.45, 2.75) is 45.8 Å². The fourth-order valence-electron chi connectivity index (χ4n) is 3.87. The second-order valence-corrected chi connectivity index (χ2v) is 8.40. The molecule has 2 aromatic rings. The van der Waals surface area contributed by atoms with E-state index in [1.165, 1.54) is 24.3 Å². The van der Waals surface area contributed by atoms with Crippen LogP contribution in [0.3, 0.4) is 0 Å². The van der Waals surface area contributed by atoms with Crippen molar-refractivity contribution >= 4 is 11.8 Å². The SMILES string of the molecule is COc1cc(C(C)NC(=O)C2CCCN(C(=O)c3ccc(F)cc3)C2)ccc1OC(C)C. The van der Waals surface area contributed by atoms with E-state index in [0.29, 0.717) is 30.2 Å². The van der Waals surface area contributed by atoms with Crippen LogP contribution >= 0.6 is 0 Å². The average Bonchev–Trinajstić information content (AvgIpc) is 2.79. The molecule has 2 unspecified atom stereocenters. The molecule has 32 heavy (non-hydrogen) atoms. The molecule has 1 N–H and O–H groups in total. The first-order chi connectivity index (χ1) is 15.3. The van der Waals surface area contributed by atoms with E-state index in [9.17, 15) is 14.0 Å². The first kappa shape index (κ1) is 23.6. The molecule has 2 amide bonds. The summed E-state index contributed by atoms with van der Waals surface area (Å²) < 4.78 is 24.4. The number of carbonyl (C=O) groups excluding carboxylic acids is 2. The summed E-state index contributed by atoms with van der Waals surface area (Å²) in [6.45, 7) is 6.75. The first-order valence-corrected chi connectivity index (χ1v) is 11.0. The summed E-state index contributed by atoms with van der Waals surface area (Å²) >= 11 is 0. The second-order valence-electron chi connectivity index (χ2n) is 8.40. The molecule has 1 heterocycles. The van der Waals surface area contributed by atoms with E-state index in [0.717, 1.165) is 18.4 Å². The lowest BCUT2D eigenvalue weighted by molar-refractivity contribution is -0.127. The Morgan fingerprint density at radius 3 is 2.47 bits per heavy atom. The van der Waals surface area contributed by atoms with E-state index in [4.69, 9.17) is 9.47 Å². The normalized spacial score (nSPS) is 17.1. The molecule has 1 saturated heterocycles. The summed E-state index contributed by atoms with van der Waals surface area (Å²) in [6, 6.07) is 10.9. The van der Waals surface area contributed by atoms with Gasteiger partial charge < -0.3 is 19.7 Å². The van der Waals surface area contributed by atoms with Crippen LogP contribution in [0.25, 0.3) is 0 Å². The zero-order chi connectivity index (χ0) is 23.3. The lowest BCUT2D eigenvalue weighted by Crippen LogP contribution is -2.45. The predicted octanol–water partition coefficient (Wildman–Crippen LogP) is 4.35. The van der Waals surface area contributed by atoms with Crippen LogP contribution in [-0.4, -0.2) is 43.0 Å². The van der Waals surface area contributed by atoms with Gasteiger partial charge in [-0.05, 0) is 75.6 Å². The highest BCUT2D eigenvalue weighted by molar-refractivity contribution is 5.94. The van der Waals surface area contributed by atoms with Gasteiger partial charge in [-0.1, -0.05) is 6.07 Å². The minimum absolute atomic E-state index is 0.0266. The number of hydrogen-bond acceptors (Lipinski definition) is 4. The van der Waals surface area contributed by atoms with Crippen molar-refractivity contribution in [1.82, 2.24) is 10.2 Å². The molecule has 0 saturated carbocycles. The monoisotopic (exact) mass is 442 g/mol. The molecule has 1 aliphatic rings. The number of halogens is 1. The van der Waals surface area contributed by atoms with Gasteiger partial charge in [0.2, 0.25) is 5.91 Å². The summed E-state index contributed by atoms with van der Waals surface area (Å²) in [5.74, 6) is 0.336. The number of rotatable bonds is 7. The maximum absolute atomic E-state index is 13.2. The summed E-state index contributed by atoms with van der Waals surface area (Å²) in [7, 11) is 1.59. The van der Waals surface area contributed by atoms with Crippen LogP contribution in [0.4, 0.5) is 4.39 Å². The van der Waals surface area contributed by atoms with Gasteiger partial charge in [-0.2, -0.15) is 0 Å². The van der Waals surface area contributed by atoms with E-state index >= 15 is 0 Å². The average molecular weight is 443 g/mol. The Morgan fingerprint density at radius 1 is 1.09 bits per heavy atom. The summed E-state index contributed by atoms with van der Waals surface area (Å²) in [5.41, 5.74) is 1.33. The Balaban J connectivity index is 1.63. The van der Waals surface area contributed by atoms with Gasteiger partial charge in [-0.25, -0.2) is 4.39 Å². The third-order valence-corrected chi connectivity index (χ3v) is 5.58. The van der Waals surface area contributed by atoms with Crippen LogP contribution in [0.5, 0.6) is 11.5 Å². The first-order valence-electron chi connectivity index (χ1n) is 11.0. The van der Waals surface area contributed by atoms with Crippen molar-refractivity contribution in [3.05, 3.63) is 59.4 Å². The lowest BCUT2D eigenvalue weighted by atomic mass is 9.95. The Morgan fingerprint density at radius 2 is 1.81 bits per heavy atom. The molecular formula is C25H31FN2O4. The molecule has 1 fully saturated rings. The maximum atomic E-state index is 13.2. The third kappa shape index (κ3) is 5.78. The van der Waals surface area contributed by atoms with Gasteiger partial charge in [0.1, 0.15) is 5.82 Å². The Kier molecular flexibility index (Phi) is 7.72.